The highest BCUT2D eigenvalue weighted by Gasteiger charge is 2.20. The van der Waals surface area contributed by atoms with Gasteiger partial charge in [0, 0.05) is 25.8 Å². The number of methoxy groups -OCH3 is 1. The standard InChI is InChI=1S/C13H20N2O2/c1-17-11-2-3-12(14)13(8-11)15-6-4-10(9-16)5-7-15/h2-3,8,10,16H,4-7,9,14H2,1H3. The minimum absolute atomic E-state index is 0.293. The topological polar surface area (TPSA) is 58.7 Å². The fourth-order valence-electron chi connectivity index (χ4n) is 2.28. The molecule has 1 saturated heterocycles. The summed E-state index contributed by atoms with van der Waals surface area (Å²) in [5.74, 6) is 1.27. The summed E-state index contributed by atoms with van der Waals surface area (Å²) in [4.78, 5) is 2.27. The lowest BCUT2D eigenvalue weighted by Gasteiger charge is -2.33. The van der Waals surface area contributed by atoms with E-state index in [1.54, 1.807) is 7.11 Å². The number of nitrogens with two attached hydrogens (primary N) is 1. The zero-order valence-electron chi connectivity index (χ0n) is 10.2. The Hall–Kier alpha value is -1.42. The molecule has 0 amide bonds. The third-order valence-electron chi connectivity index (χ3n) is 3.45. The molecule has 4 heteroatoms. The van der Waals surface area contributed by atoms with E-state index in [4.69, 9.17) is 15.6 Å². The minimum Gasteiger partial charge on any atom is -0.497 e. The normalized spacial score (nSPS) is 17.2. The highest BCUT2D eigenvalue weighted by Crippen LogP contribution is 2.31. The van der Waals surface area contributed by atoms with Gasteiger partial charge in [0.05, 0.1) is 18.5 Å². The number of nitrogen functional groups attached to an aromatic ring is 1. The van der Waals surface area contributed by atoms with Crippen molar-refractivity contribution in [3.8, 4) is 5.75 Å². The quantitative estimate of drug-likeness (QED) is 0.781. The summed E-state index contributed by atoms with van der Waals surface area (Å²) in [6.45, 7) is 2.19. The number of hydrogen-bond donors (Lipinski definition) is 2. The highest BCUT2D eigenvalue weighted by molar-refractivity contribution is 5.69. The molecular formula is C13H20N2O2. The van der Waals surface area contributed by atoms with Crippen molar-refractivity contribution in [1.29, 1.82) is 0 Å². The van der Waals surface area contributed by atoms with E-state index in [1.165, 1.54) is 0 Å². The van der Waals surface area contributed by atoms with Crippen molar-refractivity contribution in [3.63, 3.8) is 0 Å². The zero-order chi connectivity index (χ0) is 12.3. The molecule has 17 heavy (non-hydrogen) atoms. The molecule has 4 nitrogen and oxygen atoms in total. The molecule has 94 valence electrons. The van der Waals surface area contributed by atoms with E-state index in [1.807, 2.05) is 18.2 Å². The van der Waals surface area contributed by atoms with Crippen molar-refractivity contribution in [2.45, 2.75) is 12.8 Å². The van der Waals surface area contributed by atoms with Gasteiger partial charge in [0.2, 0.25) is 0 Å². The van der Waals surface area contributed by atoms with Crippen LogP contribution < -0.4 is 15.4 Å². The van der Waals surface area contributed by atoms with E-state index >= 15 is 0 Å². The third kappa shape index (κ3) is 2.64. The van der Waals surface area contributed by atoms with Crippen molar-refractivity contribution in [3.05, 3.63) is 18.2 Å². The predicted molar refractivity (Wildman–Crippen MR) is 69.4 cm³/mol. The Balaban J connectivity index is 2.12. The largest absolute Gasteiger partial charge is 0.497 e. The van der Waals surface area contributed by atoms with Gasteiger partial charge in [-0.05, 0) is 30.9 Å². The molecule has 1 aliphatic heterocycles. The van der Waals surface area contributed by atoms with Crippen LogP contribution in [0.4, 0.5) is 11.4 Å². The number of aliphatic hydroxyl groups excluding tert-OH is 1. The van der Waals surface area contributed by atoms with Crippen LogP contribution in [0.5, 0.6) is 5.75 Å². The Labute approximate surface area is 102 Å². The van der Waals surface area contributed by atoms with E-state index in [0.29, 0.717) is 12.5 Å². The van der Waals surface area contributed by atoms with Gasteiger partial charge < -0.3 is 20.5 Å². The smallest absolute Gasteiger partial charge is 0.121 e. The lowest BCUT2D eigenvalue weighted by atomic mass is 9.97. The fourth-order valence-corrected chi connectivity index (χ4v) is 2.28. The van der Waals surface area contributed by atoms with E-state index in [9.17, 15) is 0 Å². The molecule has 3 N–H and O–H groups in total. The predicted octanol–water partition coefficient (Wildman–Crippen LogP) is 1.49. The summed E-state index contributed by atoms with van der Waals surface area (Å²) in [6.07, 6.45) is 2.04. The first-order chi connectivity index (χ1) is 8.24. The SMILES string of the molecule is COc1ccc(N)c(N2CCC(CO)CC2)c1. The fraction of sp³-hybridized carbons (Fsp3) is 0.538. The Morgan fingerprint density at radius 3 is 2.71 bits per heavy atom. The Bertz CT molecular complexity index is 374. The van der Waals surface area contributed by atoms with E-state index < -0.39 is 0 Å². The number of ether oxygens (including phenoxy) is 1. The zero-order valence-corrected chi connectivity index (χ0v) is 10.2. The van der Waals surface area contributed by atoms with E-state index in [2.05, 4.69) is 4.90 Å². The maximum absolute atomic E-state index is 9.12. The molecule has 0 aliphatic carbocycles. The second-order valence-electron chi connectivity index (χ2n) is 4.54. The van der Waals surface area contributed by atoms with Crippen LogP contribution in [0.3, 0.4) is 0 Å². The summed E-state index contributed by atoms with van der Waals surface area (Å²) in [6, 6.07) is 5.74. The number of rotatable bonds is 3. The number of hydrogen-bond acceptors (Lipinski definition) is 4. The van der Waals surface area contributed by atoms with Gasteiger partial charge in [-0.1, -0.05) is 0 Å². The number of piperidine rings is 1. The Morgan fingerprint density at radius 2 is 2.12 bits per heavy atom. The summed E-state index contributed by atoms with van der Waals surface area (Å²) in [7, 11) is 1.66. The van der Waals surface area contributed by atoms with Crippen molar-refractivity contribution >= 4 is 11.4 Å². The van der Waals surface area contributed by atoms with Crippen LogP contribution in [-0.2, 0) is 0 Å². The van der Waals surface area contributed by atoms with Gasteiger partial charge in [-0.25, -0.2) is 0 Å². The first-order valence-electron chi connectivity index (χ1n) is 6.04. The second-order valence-corrected chi connectivity index (χ2v) is 4.54. The van der Waals surface area contributed by atoms with Gasteiger partial charge in [-0.3, -0.25) is 0 Å². The third-order valence-corrected chi connectivity index (χ3v) is 3.45. The molecule has 0 spiro atoms. The van der Waals surface area contributed by atoms with Crippen molar-refractivity contribution < 1.29 is 9.84 Å². The van der Waals surface area contributed by atoms with Crippen LogP contribution in [0.15, 0.2) is 18.2 Å². The average molecular weight is 236 g/mol. The first-order valence-corrected chi connectivity index (χ1v) is 6.04. The lowest BCUT2D eigenvalue weighted by Crippen LogP contribution is -2.35. The molecule has 0 saturated carbocycles. The molecule has 1 aromatic carbocycles. The molecule has 1 aromatic rings. The van der Waals surface area contributed by atoms with Crippen LogP contribution in [-0.4, -0.2) is 31.9 Å². The van der Waals surface area contributed by atoms with Gasteiger partial charge in [0.1, 0.15) is 5.75 Å². The van der Waals surface area contributed by atoms with Crippen molar-refractivity contribution in [2.24, 2.45) is 5.92 Å². The number of anilines is 2. The summed E-state index contributed by atoms with van der Waals surface area (Å²) in [5, 5.41) is 9.12. The average Bonchev–Trinajstić information content (AvgIpc) is 2.39. The maximum atomic E-state index is 9.12. The van der Waals surface area contributed by atoms with E-state index in [-0.39, 0.29) is 0 Å². The number of nitrogens with zero attached hydrogens (tertiary/aromatic N) is 1. The second kappa shape index (κ2) is 5.27. The molecular weight excluding hydrogens is 216 g/mol. The minimum atomic E-state index is 0.293. The summed E-state index contributed by atoms with van der Waals surface area (Å²) in [5.41, 5.74) is 7.82. The molecule has 0 unspecified atom stereocenters. The number of aliphatic hydroxyl groups is 1. The first kappa shape index (κ1) is 12.0. The molecule has 0 radical (unpaired) electrons. The van der Waals surface area contributed by atoms with Crippen LogP contribution >= 0.6 is 0 Å². The number of benzene rings is 1. The molecule has 1 heterocycles. The molecule has 0 atom stereocenters. The monoisotopic (exact) mass is 236 g/mol. The Kier molecular flexibility index (Phi) is 3.74. The van der Waals surface area contributed by atoms with Gasteiger partial charge in [0.25, 0.3) is 0 Å². The van der Waals surface area contributed by atoms with Gasteiger partial charge in [-0.2, -0.15) is 0 Å². The molecule has 0 bridgehead atoms. The van der Waals surface area contributed by atoms with E-state index in [0.717, 1.165) is 43.1 Å². The molecule has 0 aromatic heterocycles. The van der Waals surface area contributed by atoms with Crippen LogP contribution in [0.2, 0.25) is 0 Å². The molecule has 1 fully saturated rings. The summed E-state index contributed by atoms with van der Waals surface area (Å²) < 4.78 is 5.22. The van der Waals surface area contributed by atoms with Gasteiger partial charge in [-0.15, -0.1) is 0 Å². The maximum Gasteiger partial charge on any atom is 0.121 e. The molecule has 2 rings (SSSR count). The van der Waals surface area contributed by atoms with Gasteiger partial charge >= 0.3 is 0 Å². The van der Waals surface area contributed by atoms with Crippen molar-refractivity contribution in [2.75, 3.05) is 37.4 Å². The van der Waals surface area contributed by atoms with Crippen LogP contribution in [0, 0.1) is 5.92 Å². The van der Waals surface area contributed by atoms with Crippen molar-refractivity contribution in [1.82, 2.24) is 0 Å². The lowest BCUT2D eigenvalue weighted by molar-refractivity contribution is 0.203. The van der Waals surface area contributed by atoms with Crippen LogP contribution in [0.25, 0.3) is 0 Å². The van der Waals surface area contributed by atoms with Gasteiger partial charge in [0.15, 0.2) is 0 Å². The molecule has 1 aliphatic rings. The highest BCUT2D eigenvalue weighted by atomic mass is 16.5. The van der Waals surface area contributed by atoms with Crippen LogP contribution in [0.1, 0.15) is 12.8 Å². The summed E-state index contributed by atoms with van der Waals surface area (Å²) >= 11 is 0. The Morgan fingerprint density at radius 1 is 1.41 bits per heavy atom.